The summed E-state index contributed by atoms with van der Waals surface area (Å²) in [7, 11) is -7.18. The van der Waals surface area contributed by atoms with Crippen LogP contribution in [-0.2, 0) is 26.6 Å². The number of halogens is 1. The molecule has 0 aromatic heterocycles. The Labute approximate surface area is 223 Å². The van der Waals surface area contributed by atoms with Gasteiger partial charge in [-0.2, -0.15) is 4.31 Å². The number of aryl methyl sites for hydroxylation is 1. The van der Waals surface area contributed by atoms with E-state index in [9.17, 15) is 21.6 Å². The molecule has 1 fully saturated rings. The van der Waals surface area contributed by atoms with E-state index in [2.05, 4.69) is 0 Å². The molecule has 3 aromatic rings. The van der Waals surface area contributed by atoms with E-state index >= 15 is 0 Å². The van der Waals surface area contributed by atoms with Gasteiger partial charge in [-0.3, -0.25) is 9.10 Å². The molecule has 1 aliphatic rings. The monoisotopic (exact) mass is 561 g/mol. The third-order valence-electron chi connectivity index (χ3n) is 6.21. The highest BCUT2D eigenvalue weighted by Crippen LogP contribution is 2.24. The lowest BCUT2D eigenvalue weighted by Gasteiger charge is -2.34. The fourth-order valence-electron chi connectivity index (χ4n) is 4.12. The molecule has 4 rings (SSSR count). The van der Waals surface area contributed by atoms with Crippen LogP contribution in [0.25, 0.3) is 0 Å². The predicted molar refractivity (Wildman–Crippen MR) is 145 cm³/mol. The van der Waals surface area contributed by atoms with E-state index in [-0.39, 0.29) is 43.5 Å². The zero-order valence-corrected chi connectivity index (χ0v) is 22.9. The number of piperazine rings is 1. The molecular formula is C26H28ClN3O5S2. The Kier molecular flexibility index (Phi) is 7.94. The summed E-state index contributed by atoms with van der Waals surface area (Å²) in [5, 5.41) is 0.429. The summed E-state index contributed by atoms with van der Waals surface area (Å²) >= 11 is 6.04. The molecular weight excluding hydrogens is 534 g/mol. The van der Waals surface area contributed by atoms with Gasteiger partial charge in [-0.25, -0.2) is 16.8 Å². The van der Waals surface area contributed by atoms with Gasteiger partial charge in [0.05, 0.1) is 23.4 Å². The molecule has 11 heteroatoms. The van der Waals surface area contributed by atoms with Gasteiger partial charge in [0.2, 0.25) is 20.0 Å². The number of hydrogen-bond acceptors (Lipinski definition) is 5. The van der Waals surface area contributed by atoms with Crippen LogP contribution in [0.2, 0.25) is 5.02 Å². The number of nitrogens with zero attached hydrogens (tertiary/aromatic N) is 3. The minimum atomic E-state index is -3.61. The van der Waals surface area contributed by atoms with E-state index in [0.717, 1.165) is 11.8 Å². The summed E-state index contributed by atoms with van der Waals surface area (Å²) in [6.45, 7) is 2.97. The van der Waals surface area contributed by atoms with E-state index in [4.69, 9.17) is 11.6 Å². The number of carbonyl (C=O) groups is 1. The van der Waals surface area contributed by atoms with Gasteiger partial charge >= 0.3 is 0 Å². The highest BCUT2D eigenvalue weighted by atomic mass is 35.5. The number of benzene rings is 3. The molecule has 8 nitrogen and oxygen atoms in total. The third kappa shape index (κ3) is 6.32. The summed E-state index contributed by atoms with van der Waals surface area (Å²) in [4.78, 5) is 14.9. The Morgan fingerprint density at radius 2 is 1.51 bits per heavy atom. The van der Waals surface area contributed by atoms with E-state index < -0.39 is 20.0 Å². The summed E-state index contributed by atoms with van der Waals surface area (Å²) in [5.74, 6) is -0.200. The van der Waals surface area contributed by atoms with Crippen LogP contribution < -0.4 is 4.31 Å². The highest BCUT2D eigenvalue weighted by Gasteiger charge is 2.30. The van der Waals surface area contributed by atoms with Crippen LogP contribution in [0.5, 0.6) is 0 Å². The predicted octanol–water partition coefficient (Wildman–Crippen LogP) is 3.76. The van der Waals surface area contributed by atoms with Gasteiger partial charge in [0.25, 0.3) is 5.91 Å². The highest BCUT2D eigenvalue weighted by molar-refractivity contribution is 7.92. The first-order chi connectivity index (χ1) is 17.4. The first-order valence-electron chi connectivity index (χ1n) is 11.6. The van der Waals surface area contributed by atoms with Crippen LogP contribution in [0.3, 0.4) is 0 Å². The topological polar surface area (TPSA) is 95.1 Å². The van der Waals surface area contributed by atoms with Crippen molar-refractivity contribution < 1.29 is 21.6 Å². The second-order valence-electron chi connectivity index (χ2n) is 8.96. The summed E-state index contributed by atoms with van der Waals surface area (Å²) < 4.78 is 53.3. The quantitative estimate of drug-likeness (QED) is 0.438. The lowest BCUT2D eigenvalue weighted by Crippen LogP contribution is -2.50. The van der Waals surface area contributed by atoms with Gasteiger partial charge < -0.3 is 4.90 Å². The van der Waals surface area contributed by atoms with Crippen LogP contribution in [0.1, 0.15) is 21.5 Å². The second kappa shape index (κ2) is 10.8. The summed E-state index contributed by atoms with van der Waals surface area (Å²) in [6, 6.07) is 20.1. The van der Waals surface area contributed by atoms with Crippen molar-refractivity contribution in [2.75, 3.05) is 36.7 Å². The zero-order valence-electron chi connectivity index (χ0n) is 20.5. The Bertz CT molecular complexity index is 1480. The Balaban J connectivity index is 1.41. The van der Waals surface area contributed by atoms with Gasteiger partial charge in [-0.15, -0.1) is 0 Å². The van der Waals surface area contributed by atoms with Gasteiger partial charge in [-0.05, 0) is 55.0 Å². The minimum absolute atomic E-state index is 0.0865. The van der Waals surface area contributed by atoms with Crippen molar-refractivity contribution in [3.05, 3.63) is 94.5 Å². The molecule has 1 amide bonds. The SMILES string of the molecule is Cc1ccc(S(=O)(=O)N2CCN(C(=O)c3ccc(CN(c4cccc(Cl)c4)S(C)(=O)=O)cc3)CC2)cc1. The lowest BCUT2D eigenvalue weighted by molar-refractivity contribution is 0.0698. The number of anilines is 1. The molecule has 1 aliphatic heterocycles. The van der Waals surface area contributed by atoms with Crippen molar-refractivity contribution in [2.24, 2.45) is 0 Å². The standard InChI is InChI=1S/C26H28ClN3O5S2/c1-20-6-12-25(13-7-20)37(34,35)29-16-14-28(15-17-29)26(31)22-10-8-21(9-11-22)19-30(36(2,32)33)24-5-3-4-23(27)18-24/h3-13,18H,14-17,19H2,1-2H3. The molecule has 0 atom stereocenters. The average molecular weight is 562 g/mol. The number of carbonyl (C=O) groups excluding carboxylic acids is 1. The number of hydrogen-bond donors (Lipinski definition) is 0. The Morgan fingerprint density at radius 3 is 2.08 bits per heavy atom. The molecule has 0 aliphatic carbocycles. The maximum Gasteiger partial charge on any atom is 0.253 e. The largest absolute Gasteiger partial charge is 0.336 e. The summed E-state index contributed by atoms with van der Waals surface area (Å²) in [5.41, 5.74) is 2.59. The van der Waals surface area contributed by atoms with Gasteiger partial charge in [-0.1, -0.05) is 47.5 Å². The van der Waals surface area contributed by atoms with E-state index in [0.29, 0.717) is 21.8 Å². The number of rotatable bonds is 7. The molecule has 196 valence electrons. The smallest absolute Gasteiger partial charge is 0.253 e. The minimum Gasteiger partial charge on any atom is -0.336 e. The van der Waals surface area contributed by atoms with Crippen molar-refractivity contribution in [2.45, 2.75) is 18.4 Å². The maximum atomic E-state index is 13.1. The van der Waals surface area contributed by atoms with E-state index in [1.807, 2.05) is 6.92 Å². The van der Waals surface area contributed by atoms with Crippen molar-refractivity contribution in [1.82, 2.24) is 9.21 Å². The molecule has 1 saturated heterocycles. The number of sulfonamides is 2. The van der Waals surface area contributed by atoms with Crippen LogP contribution in [-0.4, -0.2) is 64.4 Å². The van der Waals surface area contributed by atoms with E-state index in [1.54, 1.807) is 77.7 Å². The molecule has 1 heterocycles. The maximum absolute atomic E-state index is 13.1. The molecule has 0 bridgehead atoms. The summed E-state index contributed by atoms with van der Waals surface area (Å²) in [6.07, 6.45) is 1.13. The van der Waals surface area contributed by atoms with Crippen molar-refractivity contribution in [3.8, 4) is 0 Å². The molecule has 0 N–H and O–H groups in total. The van der Waals surface area contributed by atoms with Crippen LogP contribution in [0.4, 0.5) is 5.69 Å². The van der Waals surface area contributed by atoms with Crippen molar-refractivity contribution in [3.63, 3.8) is 0 Å². The fraction of sp³-hybridized carbons (Fsp3) is 0.269. The van der Waals surface area contributed by atoms with Crippen molar-refractivity contribution >= 4 is 43.2 Å². The Morgan fingerprint density at radius 1 is 0.892 bits per heavy atom. The first-order valence-corrected chi connectivity index (χ1v) is 15.3. The first kappa shape index (κ1) is 27.1. The van der Waals surface area contributed by atoms with Gasteiger partial charge in [0, 0.05) is 36.8 Å². The van der Waals surface area contributed by atoms with Crippen LogP contribution >= 0.6 is 11.6 Å². The molecule has 0 radical (unpaired) electrons. The Hall–Kier alpha value is -2.92. The lowest BCUT2D eigenvalue weighted by atomic mass is 10.1. The second-order valence-corrected chi connectivity index (χ2v) is 13.2. The van der Waals surface area contributed by atoms with E-state index in [1.165, 1.54) is 8.61 Å². The zero-order chi connectivity index (χ0) is 26.8. The molecule has 37 heavy (non-hydrogen) atoms. The van der Waals surface area contributed by atoms with Crippen LogP contribution in [0.15, 0.2) is 77.7 Å². The van der Waals surface area contributed by atoms with Gasteiger partial charge in [0.15, 0.2) is 0 Å². The third-order valence-corrected chi connectivity index (χ3v) is 9.50. The number of amides is 1. The molecule has 3 aromatic carbocycles. The molecule has 0 saturated carbocycles. The van der Waals surface area contributed by atoms with Crippen molar-refractivity contribution in [1.29, 1.82) is 0 Å². The fourth-order valence-corrected chi connectivity index (χ4v) is 6.61. The normalized spacial score (nSPS) is 14.9. The van der Waals surface area contributed by atoms with Crippen LogP contribution in [0, 0.1) is 6.92 Å². The van der Waals surface area contributed by atoms with Gasteiger partial charge in [0.1, 0.15) is 0 Å². The molecule has 0 spiro atoms. The molecule has 0 unspecified atom stereocenters. The average Bonchev–Trinajstić information content (AvgIpc) is 2.87.